The van der Waals surface area contributed by atoms with Crippen molar-refractivity contribution in [2.45, 2.75) is 13.0 Å². The van der Waals surface area contributed by atoms with E-state index in [1.807, 2.05) is 18.2 Å². The lowest BCUT2D eigenvalue weighted by Gasteiger charge is -2.05. The van der Waals surface area contributed by atoms with E-state index >= 15 is 0 Å². The molecule has 0 heterocycles. The van der Waals surface area contributed by atoms with Crippen LogP contribution in [0.5, 0.6) is 0 Å². The van der Waals surface area contributed by atoms with E-state index in [0.717, 1.165) is 34.6 Å². The van der Waals surface area contributed by atoms with Crippen LogP contribution in [0.2, 0.25) is 5.02 Å². The molecule has 0 saturated carbocycles. The minimum absolute atomic E-state index is 0.744. The molecule has 3 heteroatoms. The molecule has 0 saturated heterocycles. The minimum atomic E-state index is 0.744. The topological polar surface area (TPSA) is 12.0 Å². The molecule has 0 radical (unpaired) electrons. The fourth-order valence-electron chi connectivity index (χ4n) is 1.05. The molecule has 1 aromatic rings. The first-order valence-electron chi connectivity index (χ1n) is 4.32. The van der Waals surface area contributed by atoms with Crippen LogP contribution in [0.1, 0.15) is 12.0 Å². The summed E-state index contributed by atoms with van der Waals surface area (Å²) in [6.45, 7) is 1.58. The van der Waals surface area contributed by atoms with Gasteiger partial charge in [-0.25, -0.2) is 0 Å². The summed E-state index contributed by atoms with van der Waals surface area (Å²) in [6, 6.07) is 5.86. The van der Waals surface area contributed by atoms with E-state index in [-0.39, 0.29) is 0 Å². The van der Waals surface area contributed by atoms with Crippen LogP contribution in [0.25, 0.3) is 0 Å². The van der Waals surface area contributed by atoms with Crippen molar-refractivity contribution in [3.63, 3.8) is 0 Å². The molecular weight excluding hydrogens is 261 g/mol. The maximum atomic E-state index is 6.03. The predicted molar refractivity (Wildman–Crippen MR) is 64.3 cm³/mol. The summed E-state index contributed by atoms with van der Waals surface area (Å²) in [7, 11) is 0. The highest BCUT2D eigenvalue weighted by Gasteiger charge is 1.99. The number of benzene rings is 1. The normalized spacial score (nSPS) is 9.79. The van der Waals surface area contributed by atoms with Crippen molar-refractivity contribution in [2.24, 2.45) is 0 Å². The molecule has 0 aromatic heterocycles. The molecule has 0 bridgehead atoms. The Labute approximate surface area is 98.0 Å². The lowest BCUT2D eigenvalue weighted by molar-refractivity contribution is 0.701. The molecule has 1 nitrogen and oxygen atoms in total. The number of halogens is 2. The zero-order valence-corrected chi connectivity index (χ0v) is 10.0. The van der Waals surface area contributed by atoms with Crippen LogP contribution in [0.15, 0.2) is 22.7 Å². The van der Waals surface area contributed by atoms with Crippen molar-refractivity contribution in [1.82, 2.24) is 5.32 Å². The molecule has 0 amide bonds. The van der Waals surface area contributed by atoms with Crippen LogP contribution < -0.4 is 5.32 Å². The van der Waals surface area contributed by atoms with Gasteiger partial charge in [-0.1, -0.05) is 33.6 Å². The first-order valence-corrected chi connectivity index (χ1v) is 5.49. The average Bonchev–Trinajstić information content (AvgIpc) is 2.15. The van der Waals surface area contributed by atoms with Gasteiger partial charge in [0, 0.05) is 29.0 Å². The lowest BCUT2D eigenvalue weighted by Crippen LogP contribution is -2.14. The van der Waals surface area contributed by atoms with Gasteiger partial charge < -0.3 is 5.32 Å². The summed E-state index contributed by atoms with van der Waals surface area (Å²) >= 11 is 9.39. The predicted octanol–water partition coefficient (Wildman–Crippen LogP) is 3.22. The maximum absolute atomic E-state index is 6.03. The Morgan fingerprint density at radius 2 is 2.29 bits per heavy atom. The van der Waals surface area contributed by atoms with Gasteiger partial charge in [-0.3, -0.25) is 0 Å². The van der Waals surface area contributed by atoms with Crippen LogP contribution in [-0.2, 0) is 6.54 Å². The summed E-state index contributed by atoms with van der Waals surface area (Å²) in [5.41, 5.74) is 1.09. The Bertz CT molecular complexity index is 344. The number of nitrogens with one attached hydrogen (secondary N) is 1. The van der Waals surface area contributed by atoms with Crippen LogP contribution in [-0.4, -0.2) is 6.54 Å². The molecule has 14 heavy (non-hydrogen) atoms. The highest BCUT2D eigenvalue weighted by molar-refractivity contribution is 9.10. The number of terminal acetylenes is 1. The highest BCUT2D eigenvalue weighted by atomic mass is 79.9. The maximum Gasteiger partial charge on any atom is 0.0462 e. The van der Waals surface area contributed by atoms with Crippen molar-refractivity contribution >= 4 is 27.5 Å². The average molecular weight is 273 g/mol. The lowest BCUT2D eigenvalue weighted by atomic mass is 10.2. The SMILES string of the molecule is C#CCCNCc1ccc(Br)cc1Cl. The standard InChI is InChI=1S/C11H11BrClN/c1-2-3-6-14-8-9-4-5-10(12)7-11(9)13/h1,4-5,7,14H,3,6,8H2. The summed E-state index contributed by atoms with van der Waals surface area (Å²) in [5, 5.41) is 3.99. The van der Waals surface area contributed by atoms with Gasteiger partial charge in [0.15, 0.2) is 0 Å². The zero-order valence-electron chi connectivity index (χ0n) is 7.69. The number of hydrogen-bond donors (Lipinski definition) is 1. The quantitative estimate of drug-likeness (QED) is 0.655. The summed E-state index contributed by atoms with van der Waals surface area (Å²) in [4.78, 5) is 0. The van der Waals surface area contributed by atoms with Gasteiger partial charge in [0.25, 0.3) is 0 Å². The Morgan fingerprint density at radius 3 is 2.93 bits per heavy atom. The van der Waals surface area contributed by atoms with Gasteiger partial charge in [0.05, 0.1) is 0 Å². The van der Waals surface area contributed by atoms with Gasteiger partial charge in [0.2, 0.25) is 0 Å². The molecule has 0 aliphatic rings. The third kappa shape index (κ3) is 3.71. The van der Waals surface area contributed by atoms with Crippen LogP contribution in [0.4, 0.5) is 0 Å². The van der Waals surface area contributed by atoms with Crippen molar-refractivity contribution in [3.05, 3.63) is 33.3 Å². The Kier molecular flexibility index (Phi) is 5.03. The first-order chi connectivity index (χ1) is 6.74. The zero-order chi connectivity index (χ0) is 10.4. The molecule has 0 aliphatic carbocycles. The van der Waals surface area contributed by atoms with Gasteiger partial charge in [-0.15, -0.1) is 12.3 Å². The molecule has 0 atom stereocenters. The van der Waals surface area contributed by atoms with Crippen LogP contribution in [0, 0.1) is 12.3 Å². The van der Waals surface area contributed by atoms with Crippen molar-refractivity contribution in [2.75, 3.05) is 6.54 Å². The fraction of sp³-hybridized carbons (Fsp3) is 0.273. The van der Waals surface area contributed by atoms with Gasteiger partial charge >= 0.3 is 0 Å². The van der Waals surface area contributed by atoms with Gasteiger partial charge in [-0.05, 0) is 17.7 Å². The Morgan fingerprint density at radius 1 is 1.50 bits per heavy atom. The fourth-order valence-corrected chi connectivity index (χ4v) is 1.79. The van der Waals surface area contributed by atoms with Crippen molar-refractivity contribution < 1.29 is 0 Å². The van der Waals surface area contributed by atoms with E-state index in [1.165, 1.54) is 0 Å². The van der Waals surface area contributed by atoms with E-state index in [4.69, 9.17) is 18.0 Å². The molecule has 74 valence electrons. The third-order valence-electron chi connectivity index (χ3n) is 1.78. The molecule has 1 rings (SSSR count). The Balaban J connectivity index is 2.47. The molecule has 1 N–H and O–H groups in total. The van der Waals surface area contributed by atoms with Crippen LogP contribution in [0.3, 0.4) is 0 Å². The van der Waals surface area contributed by atoms with Crippen LogP contribution >= 0.6 is 27.5 Å². The second-order valence-corrected chi connectivity index (χ2v) is 4.19. The molecule has 0 aliphatic heterocycles. The smallest absolute Gasteiger partial charge is 0.0462 e. The number of rotatable bonds is 4. The number of hydrogen-bond acceptors (Lipinski definition) is 1. The first kappa shape index (κ1) is 11.6. The van der Waals surface area contributed by atoms with E-state index in [9.17, 15) is 0 Å². The third-order valence-corrected chi connectivity index (χ3v) is 2.62. The molecule has 0 fully saturated rings. The van der Waals surface area contributed by atoms with Gasteiger partial charge in [-0.2, -0.15) is 0 Å². The second-order valence-electron chi connectivity index (χ2n) is 2.87. The summed E-state index contributed by atoms with van der Waals surface area (Å²) in [6.07, 6.45) is 5.88. The second kappa shape index (κ2) is 6.08. The van der Waals surface area contributed by atoms with Crippen molar-refractivity contribution in [3.8, 4) is 12.3 Å². The minimum Gasteiger partial charge on any atom is -0.312 e. The molecule has 0 spiro atoms. The largest absolute Gasteiger partial charge is 0.312 e. The van der Waals surface area contributed by atoms with Gasteiger partial charge in [0.1, 0.15) is 0 Å². The van der Waals surface area contributed by atoms with E-state index in [2.05, 4.69) is 27.2 Å². The van der Waals surface area contributed by atoms with E-state index < -0.39 is 0 Å². The molecule has 1 aromatic carbocycles. The summed E-state index contributed by atoms with van der Waals surface area (Å²) in [5.74, 6) is 2.57. The van der Waals surface area contributed by atoms with Crippen molar-refractivity contribution in [1.29, 1.82) is 0 Å². The summed E-state index contributed by atoms with van der Waals surface area (Å²) < 4.78 is 0.995. The molecule has 0 unspecified atom stereocenters. The Hall–Kier alpha value is -0.490. The highest BCUT2D eigenvalue weighted by Crippen LogP contribution is 2.20. The van der Waals surface area contributed by atoms with E-state index in [1.54, 1.807) is 0 Å². The monoisotopic (exact) mass is 271 g/mol. The molecular formula is C11H11BrClN. The van der Waals surface area contributed by atoms with E-state index in [0.29, 0.717) is 0 Å².